The number of nitrogens with one attached hydrogen (secondary N) is 3. The van der Waals surface area contributed by atoms with E-state index in [1.807, 2.05) is 30.3 Å². The lowest BCUT2D eigenvalue weighted by molar-refractivity contribution is -0.117. The largest absolute Gasteiger partial charge is 0.325 e. The van der Waals surface area contributed by atoms with Gasteiger partial charge >= 0.3 is 0 Å². The summed E-state index contributed by atoms with van der Waals surface area (Å²) in [7, 11) is 0. The second-order valence-electron chi connectivity index (χ2n) is 4.31. The lowest BCUT2D eigenvalue weighted by Crippen LogP contribution is -2.37. The number of carbonyl (C=O) groups is 1. The molecule has 2 heterocycles. The number of carbonyl (C=O) groups excluding carboxylic acids is 1. The van der Waals surface area contributed by atoms with Crippen LogP contribution in [0, 0.1) is 0 Å². The molecule has 3 rings (SSSR count). The molecule has 0 saturated carbocycles. The van der Waals surface area contributed by atoms with Crippen molar-refractivity contribution >= 4 is 23.4 Å². The van der Waals surface area contributed by atoms with E-state index in [0.717, 1.165) is 28.6 Å². The first-order chi connectivity index (χ1) is 9.33. The summed E-state index contributed by atoms with van der Waals surface area (Å²) < 4.78 is 0. The van der Waals surface area contributed by atoms with E-state index in [4.69, 9.17) is 0 Å². The molecule has 1 aliphatic rings. The number of benzene rings is 1. The van der Waals surface area contributed by atoms with Crippen LogP contribution in [0.1, 0.15) is 0 Å². The number of H-pyrrole nitrogens is 1. The Balaban J connectivity index is 1.74. The molecular weight excluding hydrogens is 260 g/mol. The van der Waals surface area contributed by atoms with Crippen LogP contribution < -0.4 is 10.6 Å². The van der Waals surface area contributed by atoms with Gasteiger partial charge in [0.2, 0.25) is 5.91 Å². The highest BCUT2D eigenvalue weighted by Crippen LogP contribution is 2.21. The van der Waals surface area contributed by atoms with Gasteiger partial charge in [-0.3, -0.25) is 15.2 Å². The number of hydrogen-bond acceptors (Lipinski definition) is 4. The van der Waals surface area contributed by atoms with E-state index in [2.05, 4.69) is 20.8 Å². The van der Waals surface area contributed by atoms with Crippen molar-refractivity contribution in [3.05, 3.63) is 36.5 Å². The molecule has 2 aromatic rings. The van der Waals surface area contributed by atoms with E-state index in [1.54, 1.807) is 18.0 Å². The second-order valence-corrected chi connectivity index (χ2v) is 5.34. The van der Waals surface area contributed by atoms with Crippen LogP contribution >= 0.6 is 11.8 Å². The Morgan fingerprint density at radius 1 is 1.42 bits per heavy atom. The average molecular weight is 274 g/mol. The fourth-order valence-electron chi connectivity index (χ4n) is 1.97. The van der Waals surface area contributed by atoms with Gasteiger partial charge in [-0.25, -0.2) is 0 Å². The molecular formula is C13H14N4OS. The van der Waals surface area contributed by atoms with Gasteiger partial charge in [0.05, 0.1) is 11.7 Å². The number of anilines is 1. The van der Waals surface area contributed by atoms with Gasteiger partial charge in [-0.1, -0.05) is 12.1 Å². The monoisotopic (exact) mass is 274 g/mol. The van der Waals surface area contributed by atoms with Gasteiger partial charge in [0.15, 0.2) is 0 Å². The SMILES string of the molecule is O=C(Nc1cccc(-c2ccn[nH]2)c1)C1CSCN1. The summed E-state index contributed by atoms with van der Waals surface area (Å²) in [4.78, 5) is 12.0. The predicted octanol–water partition coefficient (Wildman–Crippen LogP) is 1.68. The minimum absolute atomic E-state index is 0.0201. The van der Waals surface area contributed by atoms with Gasteiger partial charge in [-0.05, 0) is 18.2 Å². The zero-order valence-electron chi connectivity index (χ0n) is 10.2. The third-order valence-electron chi connectivity index (χ3n) is 2.97. The van der Waals surface area contributed by atoms with Crippen molar-refractivity contribution in [2.75, 3.05) is 16.9 Å². The van der Waals surface area contributed by atoms with Crippen molar-refractivity contribution in [1.29, 1.82) is 0 Å². The van der Waals surface area contributed by atoms with Crippen LogP contribution in [0.4, 0.5) is 5.69 Å². The molecule has 1 unspecified atom stereocenters. The Kier molecular flexibility index (Phi) is 3.52. The fraction of sp³-hybridized carbons (Fsp3) is 0.231. The van der Waals surface area contributed by atoms with Gasteiger partial charge in [0, 0.05) is 29.1 Å². The van der Waals surface area contributed by atoms with Crippen LogP contribution in [0.5, 0.6) is 0 Å². The first kappa shape index (κ1) is 12.3. The maximum atomic E-state index is 12.0. The Labute approximate surface area is 115 Å². The summed E-state index contributed by atoms with van der Waals surface area (Å²) >= 11 is 1.74. The fourth-order valence-corrected chi connectivity index (χ4v) is 2.92. The molecule has 1 atom stereocenters. The first-order valence-electron chi connectivity index (χ1n) is 6.05. The lowest BCUT2D eigenvalue weighted by atomic mass is 10.1. The zero-order chi connectivity index (χ0) is 13.1. The van der Waals surface area contributed by atoms with Crippen molar-refractivity contribution in [1.82, 2.24) is 15.5 Å². The van der Waals surface area contributed by atoms with Crippen LogP contribution in [0.25, 0.3) is 11.3 Å². The molecule has 19 heavy (non-hydrogen) atoms. The normalized spacial score (nSPS) is 18.4. The lowest BCUT2D eigenvalue weighted by Gasteiger charge is -2.11. The van der Waals surface area contributed by atoms with Gasteiger partial charge in [-0.2, -0.15) is 5.10 Å². The minimum Gasteiger partial charge on any atom is -0.325 e. The Bertz CT molecular complexity index is 564. The molecule has 6 heteroatoms. The number of nitrogens with zero attached hydrogens (tertiary/aromatic N) is 1. The van der Waals surface area contributed by atoms with Crippen molar-refractivity contribution in [3.63, 3.8) is 0 Å². The maximum absolute atomic E-state index is 12.0. The smallest absolute Gasteiger partial charge is 0.242 e. The first-order valence-corrected chi connectivity index (χ1v) is 7.20. The molecule has 3 N–H and O–H groups in total. The second kappa shape index (κ2) is 5.46. The quantitative estimate of drug-likeness (QED) is 0.796. The number of rotatable bonds is 3. The molecule has 98 valence electrons. The molecule has 1 fully saturated rings. The van der Waals surface area contributed by atoms with E-state index in [0.29, 0.717) is 0 Å². The summed E-state index contributed by atoms with van der Waals surface area (Å²) in [5.41, 5.74) is 2.74. The zero-order valence-corrected chi connectivity index (χ0v) is 11.0. The number of amides is 1. The third kappa shape index (κ3) is 2.80. The Morgan fingerprint density at radius 3 is 3.11 bits per heavy atom. The Morgan fingerprint density at radius 2 is 2.37 bits per heavy atom. The number of hydrogen-bond donors (Lipinski definition) is 3. The van der Waals surface area contributed by atoms with Crippen molar-refractivity contribution in [2.24, 2.45) is 0 Å². The van der Waals surface area contributed by atoms with Crippen molar-refractivity contribution < 1.29 is 4.79 Å². The molecule has 1 aromatic heterocycles. The summed E-state index contributed by atoms with van der Waals surface area (Å²) in [6, 6.07) is 9.53. The number of thioether (sulfide) groups is 1. The summed E-state index contributed by atoms with van der Waals surface area (Å²) in [5, 5.41) is 12.9. The van der Waals surface area contributed by atoms with Crippen LogP contribution in [0.2, 0.25) is 0 Å². The van der Waals surface area contributed by atoms with Crippen molar-refractivity contribution in [3.8, 4) is 11.3 Å². The number of aromatic amines is 1. The topological polar surface area (TPSA) is 69.8 Å². The highest BCUT2D eigenvalue weighted by atomic mass is 32.2. The standard InChI is InChI=1S/C13H14N4OS/c18-13(12-7-19-8-14-12)16-10-3-1-2-9(6-10)11-4-5-15-17-11/h1-6,12,14H,7-8H2,(H,15,17)(H,16,18). The van der Waals surface area contributed by atoms with Crippen LogP contribution in [0.3, 0.4) is 0 Å². The summed E-state index contributed by atoms with van der Waals surface area (Å²) in [6.45, 7) is 0. The third-order valence-corrected chi connectivity index (χ3v) is 3.91. The molecule has 0 spiro atoms. The highest BCUT2D eigenvalue weighted by molar-refractivity contribution is 7.99. The van der Waals surface area contributed by atoms with E-state index in [1.165, 1.54) is 0 Å². The number of aromatic nitrogens is 2. The highest BCUT2D eigenvalue weighted by Gasteiger charge is 2.22. The minimum atomic E-state index is -0.0965. The summed E-state index contributed by atoms with van der Waals surface area (Å²) in [5.74, 6) is 1.69. The van der Waals surface area contributed by atoms with E-state index in [9.17, 15) is 4.79 Å². The van der Waals surface area contributed by atoms with E-state index >= 15 is 0 Å². The molecule has 1 amide bonds. The van der Waals surface area contributed by atoms with Gasteiger partial charge in [0.1, 0.15) is 0 Å². The molecule has 5 nitrogen and oxygen atoms in total. The Hall–Kier alpha value is -1.79. The van der Waals surface area contributed by atoms with E-state index in [-0.39, 0.29) is 11.9 Å². The summed E-state index contributed by atoms with van der Waals surface area (Å²) in [6.07, 6.45) is 1.71. The molecule has 0 aliphatic carbocycles. The van der Waals surface area contributed by atoms with Gasteiger partial charge < -0.3 is 5.32 Å². The van der Waals surface area contributed by atoms with Gasteiger partial charge in [-0.15, -0.1) is 11.8 Å². The molecule has 0 bridgehead atoms. The predicted molar refractivity (Wildman–Crippen MR) is 76.9 cm³/mol. The molecule has 1 saturated heterocycles. The maximum Gasteiger partial charge on any atom is 0.242 e. The van der Waals surface area contributed by atoms with Gasteiger partial charge in [0.25, 0.3) is 0 Å². The van der Waals surface area contributed by atoms with Crippen LogP contribution in [-0.2, 0) is 4.79 Å². The van der Waals surface area contributed by atoms with Crippen LogP contribution in [-0.4, -0.2) is 33.8 Å². The molecule has 0 radical (unpaired) electrons. The molecule has 1 aromatic carbocycles. The van der Waals surface area contributed by atoms with Crippen LogP contribution in [0.15, 0.2) is 36.5 Å². The van der Waals surface area contributed by atoms with E-state index < -0.39 is 0 Å². The molecule has 1 aliphatic heterocycles. The van der Waals surface area contributed by atoms with Crippen molar-refractivity contribution in [2.45, 2.75) is 6.04 Å². The average Bonchev–Trinajstić information content (AvgIpc) is 3.13.